The summed E-state index contributed by atoms with van der Waals surface area (Å²) in [6, 6.07) is 15.7. The standard InChI is InChI=1S/C21H28N2O4S/c1-21(2,3)22-28(26,27)19-11-9-18(10-12-19)20(25)23(15-16-24)14-13-17-7-5-4-6-8-17/h4-12,22,24H,13-16H2,1-3H3. The fourth-order valence-corrected chi connectivity index (χ4v) is 4.18. The third kappa shape index (κ3) is 6.44. The van der Waals surface area contributed by atoms with E-state index in [0.717, 1.165) is 5.56 Å². The van der Waals surface area contributed by atoms with Crippen LogP contribution in [0.15, 0.2) is 59.5 Å². The molecule has 6 nitrogen and oxygen atoms in total. The van der Waals surface area contributed by atoms with Gasteiger partial charge in [-0.15, -0.1) is 0 Å². The van der Waals surface area contributed by atoms with E-state index >= 15 is 0 Å². The topological polar surface area (TPSA) is 86.7 Å². The van der Waals surface area contributed by atoms with Gasteiger partial charge in [-0.1, -0.05) is 30.3 Å². The van der Waals surface area contributed by atoms with Gasteiger partial charge in [-0.05, 0) is 57.0 Å². The number of aliphatic hydroxyl groups is 1. The van der Waals surface area contributed by atoms with Crippen molar-refractivity contribution in [2.75, 3.05) is 19.7 Å². The number of nitrogens with zero attached hydrogens (tertiary/aromatic N) is 1. The lowest BCUT2D eigenvalue weighted by Gasteiger charge is -2.22. The van der Waals surface area contributed by atoms with E-state index in [2.05, 4.69) is 4.72 Å². The molecule has 0 fully saturated rings. The third-order valence-electron chi connectivity index (χ3n) is 4.02. The van der Waals surface area contributed by atoms with Gasteiger partial charge in [0.2, 0.25) is 10.0 Å². The SMILES string of the molecule is CC(C)(C)NS(=O)(=O)c1ccc(C(=O)N(CCO)CCc2ccccc2)cc1. The van der Waals surface area contributed by atoms with Crippen molar-refractivity contribution in [2.45, 2.75) is 37.6 Å². The first-order valence-corrected chi connectivity index (χ1v) is 10.7. The molecule has 0 saturated carbocycles. The van der Waals surface area contributed by atoms with Gasteiger partial charge in [0.05, 0.1) is 11.5 Å². The van der Waals surface area contributed by atoms with E-state index in [9.17, 15) is 18.3 Å². The predicted molar refractivity (Wildman–Crippen MR) is 110 cm³/mol. The lowest BCUT2D eigenvalue weighted by Crippen LogP contribution is -2.40. The van der Waals surface area contributed by atoms with Gasteiger partial charge in [0.1, 0.15) is 0 Å². The Hall–Kier alpha value is -2.22. The largest absolute Gasteiger partial charge is 0.395 e. The molecule has 0 aliphatic carbocycles. The van der Waals surface area contributed by atoms with Crippen LogP contribution in [-0.4, -0.2) is 49.6 Å². The normalized spacial score (nSPS) is 12.0. The van der Waals surface area contributed by atoms with E-state index in [1.807, 2.05) is 30.3 Å². The zero-order chi connectivity index (χ0) is 20.8. The molecule has 7 heteroatoms. The number of hydrogen-bond acceptors (Lipinski definition) is 4. The van der Waals surface area contributed by atoms with Crippen molar-refractivity contribution < 1.29 is 18.3 Å². The Morgan fingerprint density at radius 1 is 1.00 bits per heavy atom. The second kappa shape index (κ2) is 9.32. The second-order valence-corrected chi connectivity index (χ2v) is 9.31. The highest BCUT2D eigenvalue weighted by atomic mass is 32.2. The lowest BCUT2D eigenvalue weighted by atomic mass is 10.1. The number of hydrogen-bond donors (Lipinski definition) is 2. The summed E-state index contributed by atoms with van der Waals surface area (Å²) in [7, 11) is -3.65. The van der Waals surface area contributed by atoms with Crippen molar-refractivity contribution >= 4 is 15.9 Å². The van der Waals surface area contributed by atoms with Crippen LogP contribution in [0, 0.1) is 0 Å². The quantitative estimate of drug-likeness (QED) is 0.708. The number of sulfonamides is 1. The highest BCUT2D eigenvalue weighted by molar-refractivity contribution is 7.89. The summed E-state index contributed by atoms with van der Waals surface area (Å²) >= 11 is 0. The fourth-order valence-electron chi connectivity index (χ4n) is 2.77. The first-order chi connectivity index (χ1) is 13.1. The van der Waals surface area contributed by atoms with Crippen LogP contribution in [-0.2, 0) is 16.4 Å². The van der Waals surface area contributed by atoms with E-state index < -0.39 is 15.6 Å². The van der Waals surface area contributed by atoms with Crippen molar-refractivity contribution in [2.24, 2.45) is 0 Å². The minimum Gasteiger partial charge on any atom is -0.395 e. The molecule has 0 heterocycles. The van der Waals surface area contributed by atoms with Crippen LogP contribution < -0.4 is 4.72 Å². The Kier molecular flexibility index (Phi) is 7.35. The van der Waals surface area contributed by atoms with Gasteiger partial charge in [0, 0.05) is 24.2 Å². The Balaban J connectivity index is 2.12. The summed E-state index contributed by atoms with van der Waals surface area (Å²) < 4.78 is 27.4. The average molecular weight is 405 g/mol. The van der Waals surface area contributed by atoms with Crippen molar-refractivity contribution in [1.82, 2.24) is 9.62 Å². The minimum absolute atomic E-state index is 0.108. The summed E-state index contributed by atoms with van der Waals surface area (Å²) in [6.07, 6.45) is 0.675. The number of carbonyl (C=O) groups excluding carboxylic acids is 1. The molecule has 0 aliphatic heterocycles. The summed E-state index contributed by atoms with van der Waals surface area (Å²) in [4.78, 5) is 14.5. The Morgan fingerprint density at radius 2 is 1.61 bits per heavy atom. The molecule has 0 bridgehead atoms. The number of carbonyl (C=O) groups is 1. The van der Waals surface area contributed by atoms with E-state index in [1.165, 1.54) is 24.3 Å². The number of aliphatic hydroxyl groups excluding tert-OH is 1. The molecule has 0 aromatic heterocycles. The molecule has 0 spiro atoms. The first kappa shape index (κ1) is 22.1. The molecule has 0 aliphatic rings. The molecule has 0 unspecified atom stereocenters. The molecule has 2 rings (SSSR count). The van der Waals surface area contributed by atoms with Crippen molar-refractivity contribution in [3.05, 3.63) is 65.7 Å². The molecule has 28 heavy (non-hydrogen) atoms. The Bertz CT molecular complexity index is 873. The molecule has 2 aromatic carbocycles. The van der Waals surface area contributed by atoms with Gasteiger partial charge >= 0.3 is 0 Å². The van der Waals surface area contributed by atoms with Gasteiger partial charge in [-0.3, -0.25) is 4.79 Å². The molecule has 152 valence electrons. The zero-order valence-corrected chi connectivity index (χ0v) is 17.4. The van der Waals surface area contributed by atoms with Gasteiger partial charge in [0.15, 0.2) is 0 Å². The lowest BCUT2D eigenvalue weighted by molar-refractivity contribution is 0.0724. The van der Waals surface area contributed by atoms with E-state index in [4.69, 9.17) is 0 Å². The van der Waals surface area contributed by atoms with E-state index in [-0.39, 0.29) is 24.0 Å². The van der Waals surface area contributed by atoms with Crippen LogP contribution in [0.4, 0.5) is 0 Å². The molecular formula is C21H28N2O4S. The monoisotopic (exact) mass is 404 g/mol. The maximum absolute atomic E-state index is 12.8. The van der Waals surface area contributed by atoms with Crippen molar-refractivity contribution in [1.29, 1.82) is 0 Å². The number of amides is 1. The van der Waals surface area contributed by atoms with Crippen molar-refractivity contribution in [3.8, 4) is 0 Å². The number of rotatable bonds is 8. The third-order valence-corrected chi connectivity index (χ3v) is 5.80. The summed E-state index contributed by atoms with van der Waals surface area (Å²) in [5.74, 6) is -0.238. The zero-order valence-electron chi connectivity index (χ0n) is 16.6. The predicted octanol–water partition coefficient (Wildman–Crippen LogP) is 2.44. The maximum Gasteiger partial charge on any atom is 0.253 e. The number of benzene rings is 2. The molecule has 0 saturated heterocycles. The van der Waals surface area contributed by atoms with E-state index in [1.54, 1.807) is 25.7 Å². The Morgan fingerprint density at radius 3 is 2.14 bits per heavy atom. The highest BCUT2D eigenvalue weighted by Crippen LogP contribution is 2.15. The maximum atomic E-state index is 12.8. The minimum atomic E-state index is -3.65. The summed E-state index contributed by atoms with van der Waals surface area (Å²) in [5.41, 5.74) is 0.895. The van der Waals surface area contributed by atoms with Crippen LogP contribution in [0.3, 0.4) is 0 Å². The highest BCUT2D eigenvalue weighted by Gasteiger charge is 2.22. The molecule has 2 aromatic rings. The summed E-state index contributed by atoms with van der Waals surface area (Å²) in [6.45, 7) is 5.85. The van der Waals surface area contributed by atoms with E-state index in [0.29, 0.717) is 18.5 Å². The molecule has 0 radical (unpaired) electrons. The van der Waals surface area contributed by atoms with Gasteiger partial charge in [-0.2, -0.15) is 0 Å². The van der Waals surface area contributed by atoms with Crippen LogP contribution >= 0.6 is 0 Å². The molecule has 0 atom stereocenters. The second-order valence-electron chi connectivity index (χ2n) is 7.63. The van der Waals surface area contributed by atoms with Crippen LogP contribution in [0.25, 0.3) is 0 Å². The molecule has 1 amide bonds. The van der Waals surface area contributed by atoms with Crippen molar-refractivity contribution in [3.63, 3.8) is 0 Å². The van der Waals surface area contributed by atoms with Gasteiger partial charge in [0.25, 0.3) is 5.91 Å². The first-order valence-electron chi connectivity index (χ1n) is 9.20. The summed E-state index contributed by atoms with van der Waals surface area (Å²) in [5, 5.41) is 9.31. The van der Waals surface area contributed by atoms with Crippen LogP contribution in [0.5, 0.6) is 0 Å². The average Bonchev–Trinajstić information content (AvgIpc) is 2.63. The fraction of sp³-hybridized carbons (Fsp3) is 0.381. The van der Waals surface area contributed by atoms with Crippen LogP contribution in [0.1, 0.15) is 36.7 Å². The van der Waals surface area contributed by atoms with Gasteiger partial charge in [-0.25, -0.2) is 13.1 Å². The molecule has 2 N–H and O–H groups in total. The van der Waals surface area contributed by atoms with Gasteiger partial charge < -0.3 is 10.0 Å². The van der Waals surface area contributed by atoms with Crippen LogP contribution in [0.2, 0.25) is 0 Å². The molecular weight excluding hydrogens is 376 g/mol. The number of nitrogens with one attached hydrogen (secondary N) is 1. The smallest absolute Gasteiger partial charge is 0.253 e. The Labute approximate surface area is 167 Å².